The summed E-state index contributed by atoms with van der Waals surface area (Å²) < 4.78 is 0. The maximum Gasteiger partial charge on any atom is -0.0286 e. The van der Waals surface area contributed by atoms with Crippen LogP contribution in [0.3, 0.4) is 0 Å². The fourth-order valence-electron chi connectivity index (χ4n) is 1.60. The molecule has 0 amide bonds. The lowest BCUT2D eigenvalue weighted by Crippen LogP contribution is -1.81. The van der Waals surface area contributed by atoms with Gasteiger partial charge in [0.05, 0.1) is 0 Å². The summed E-state index contributed by atoms with van der Waals surface area (Å²) in [6, 6.07) is 0. The van der Waals surface area contributed by atoms with Crippen molar-refractivity contribution in [1.82, 2.24) is 0 Å². The molecule has 0 aliphatic heterocycles. The summed E-state index contributed by atoms with van der Waals surface area (Å²) in [7, 11) is 0. The van der Waals surface area contributed by atoms with E-state index in [-0.39, 0.29) is 0 Å². The van der Waals surface area contributed by atoms with Gasteiger partial charge in [-0.2, -0.15) is 0 Å². The highest BCUT2D eigenvalue weighted by Gasteiger charge is 2.00. The SMILES string of the molecule is C=CCCC1=CCCCCC1. The first kappa shape index (κ1) is 8.58. The standard InChI is InChI=1S/C11H18/c1-2-3-8-11-9-6-4-5-7-10-11/h2,9H,1,3-8,10H2. The predicted molar refractivity (Wildman–Crippen MR) is 50.6 cm³/mol. The molecule has 0 unspecified atom stereocenters. The third-order valence-corrected chi connectivity index (χ3v) is 2.30. The van der Waals surface area contributed by atoms with Crippen molar-refractivity contribution in [2.75, 3.05) is 0 Å². The predicted octanol–water partition coefficient (Wildman–Crippen LogP) is 3.84. The summed E-state index contributed by atoms with van der Waals surface area (Å²) in [6.07, 6.45) is 13.8. The number of rotatable bonds is 3. The summed E-state index contributed by atoms with van der Waals surface area (Å²) in [4.78, 5) is 0. The molecule has 1 rings (SSSR count). The molecule has 62 valence electrons. The molecule has 0 aromatic carbocycles. The Morgan fingerprint density at radius 1 is 1.36 bits per heavy atom. The first-order valence-corrected chi connectivity index (χ1v) is 4.72. The average molecular weight is 150 g/mol. The molecule has 0 radical (unpaired) electrons. The van der Waals surface area contributed by atoms with Gasteiger partial charge in [0, 0.05) is 0 Å². The van der Waals surface area contributed by atoms with E-state index in [1.807, 2.05) is 6.08 Å². The smallest absolute Gasteiger partial charge is 0.0286 e. The van der Waals surface area contributed by atoms with Gasteiger partial charge in [-0.05, 0) is 38.5 Å². The molecule has 0 heteroatoms. The zero-order valence-electron chi connectivity index (χ0n) is 7.31. The molecule has 0 fully saturated rings. The Hall–Kier alpha value is -0.520. The Labute approximate surface area is 70.0 Å². The lowest BCUT2D eigenvalue weighted by atomic mass is 10.1. The van der Waals surface area contributed by atoms with Crippen LogP contribution in [0.4, 0.5) is 0 Å². The number of allylic oxidation sites excluding steroid dienone is 3. The van der Waals surface area contributed by atoms with Crippen LogP contribution >= 0.6 is 0 Å². The van der Waals surface area contributed by atoms with Crippen molar-refractivity contribution in [2.24, 2.45) is 0 Å². The maximum atomic E-state index is 3.74. The molecular formula is C11H18. The monoisotopic (exact) mass is 150 g/mol. The van der Waals surface area contributed by atoms with E-state index in [1.54, 1.807) is 5.57 Å². The summed E-state index contributed by atoms with van der Waals surface area (Å²) >= 11 is 0. The highest BCUT2D eigenvalue weighted by molar-refractivity contribution is 5.04. The van der Waals surface area contributed by atoms with Crippen LogP contribution in [-0.2, 0) is 0 Å². The van der Waals surface area contributed by atoms with E-state index >= 15 is 0 Å². The van der Waals surface area contributed by atoms with Crippen molar-refractivity contribution in [3.8, 4) is 0 Å². The van der Waals surface area contributed by atoms with E-state index in [9.17, 15) is 0 Å². The van der Waals surface area contributed by atoms with Gasteiger partial charge in [0.1, 0.15) is 0 Å². The molecule has 11 heavy (non-hydrogen) atoms. The van der Waals surface area contributed by atoms with Crippen LogP contribution in [0.2, 0.25) is 0 Å². The van der Waals surface area contributed by atoms with Crippen LogP contribution in [0.25, 0.3) is 0 Å². The van der Waals surface area contributed by atoms with Crippen molar-refractivity contribution < 1.29 is 0 Å². The van der Waals surface area contributed by atoms with Crippen LogP contribution in [0.15, 0.2) is 24.3 Å². The van der Waals surface area contributed by atoms with Gasteiger partial charge in [-0.25, -0.2) is 0 Å². The van der Waals surface area contributed by atoms with Crippen molar-refractivity contribution >= 4 is 0 Å². The Morgan fingerprint density at radius 2 is 2.27 bits per heavy atom. The molecule has 0 bridgehead atoms. The summed E-state index contributed by atoms with van der Waals surface area (Å²) in [6.45, 7) is 3.74. The van der Waals surface area contributed by atoms with Crippen LogP contribution in [0.1, 0.15) is 44.9 Å². The molecule has 0 spiro atoms. The molecule has 0 aromatic heterocycles. The third kappa shape index (κ3) is 3.41. The van der Waals surface area contributed by atoms with Gasteiger partial charge in [-0.15, -0.1) is 6.58 Å². The Morgan fingerprint density at radius 3 is 3.09 bits per heavy atom. The van der Waals surface area contributed by atoms with Crippen LogP contribution in [-0.4, -0.2) is 0 Å². The van der Waals surface area contributed by atoms with E-state index < -0.39 is 0 Å². The molecular weight excluding hydrogens is 132 g/mol. The quantitative estimate of drug-likeness (QED) is 0.536. The molecule has 0 N–H and O–H groups in total. The van der Waals surface area contributed by atoms with E-state index in [0.717, 1.165) is 6.42 Å². The molecule has 0 heterocycles. The normalized spacial score (nSPS) is 18.7. The van der Waals surface area contributed by atoms with E-state index in [1.165, 1.54) is 38.5 Å². The van der Waals surface area contributed by atoms with E-state index in [2.05, 4.69) is 12.7 Å². The lowest BCUT2D eigenvalue weighted by molar-refractivity contribution is 0.702. The first-order valence-electron chi connectivity index (χ1n) is 4.72. The highest BCUT2D eigenvalue weighted by atomic mass is 14.1. The molecule has 0 saturated carbocycles. The van der Waals surface area contributed by atoms with Gasteiger partial charge in [0.15, 0.2) is 0 Å². The minimum absolute atomic E-state index is 1.16. The topological polar surface area (TPSA) is 0 Å². The van der Waals surface area contributed by atoms with Crippen molar-refractivity contribution in [3.63, 3.8) is 0 Å². The average Bonchev–Trinajstić information content (AvgIpc) is 2.28. The van der Waals surface area contributed by atoms with Gasteiger partial charge in [0.2, 0.25) is 0 Å². The van der Waals surface area contributed by atoms with E-state index in [4.69, 9.17) is 0 Å². The minimum Gasteiger partial charge on any atom is -0.103 e. The largest absolute Gasteiger partial charge is 0.103 e. The second kappa shape index (κ2) is 5.17. The Bertz CT molecular complexity index is 142. The highest BCUT2D eigenvalue weighted by Crippen LogP contribution is 2.20. The van der Waals surface area contributed by atoms with Crippen LogP contribution < -0.4 is 0 Å². The van der Waals surface area contributed by atoms with E-state index in [0.29, 0.717) is 0 Å². The zero-order chi connectivity index (χ0) is 7.94. The van der Waals surface area contributed by atoms with Crippen LogP contribution in [0.5, 0.6) is 0 Å². The van der Waals surface area contributed by atoms with Gasteiger partial charge >= 0.3 is 0 Å². The lowest BCUT2D eigenvalue weighted by Gasteiger charge is -2.01. The summed E-state index contributed by atoms with van der Waals surface area (Å²) in [5.74, 6) is 0. The van der Waals surface area contributed by atoms with Gasteiger partial charge in [-0.1, -0.05) is 24.1 Å². The van der Waals surface area contributed by atoms with Gasteiger partial charge < -0.3 is 0 Å². The second-order valence-electron chi connectivity index (χ2n) is 3.29. The van der Waals surface area contributed by atoms with Crippen molar-refractivity contribution in [2.45, 2.75) is 44.9 Å². The number of hydrogen-bond acceptors (Lipinski definition) is 0. The fraction of sp³-hybridized carbons (Fsp3) is 0.636. The molecule has 1 aliphatic rings. The van der Waals surface area contributed by atoms with Crippen LogP contribution in [0, 0.1) is 0 Å². The third-order valence-electron chi connectivity index (χ3n) is 2.30. The Balaban J connectivity index is 2.28. The van der Waals surface area contributed by atoms with Crippen molar-refractivity contribution in [3.05, 3.63) is 24.3 Å². The van der Waals surface area contributed by atoms with Crippen molar-refractivity contribution in [1.29, 1.82) is 0 Å². The molecule has 1 aliphatic carbocycles. The number of hydrogen-bond donors (Lipinski definition) is 0. The van der Waals surface area contributed by atoms with Gasteiger partial charge in [0.25, 0.3) is 0 Å². The van der Waals surface area contributed by atoms with Gasteiger partial charge in [-0.3, -0.25) is 0 Å². The Kier molecular flexibility index (Phi) is 4.03. The maximum absolute atomic E-state index is 3.74. The summed E-state index contributed by atoms with van der Waals surface area (Å²) in [5.41, 5.74) is 1.67. The molecule has 0 saturated heterocycles. The molecule has 0 aromatic rings. The zero-order valence-corrected chi connectivity index (χ0v) is 7.31. The first-order chi connectivity index (χ1) is 5.43. The molecule has 0 atom stereocenters. The second-order valence-corrected chi connectivity index (χ2v) is 3.29. The molecule has 0 nitrogen and oxygen atoms in total. The summed E-state index contributed by atoms with van der Waals surface area (Å²) in [5, 5.41) is 0. The minimum atomic E-state index is 1.16. The fourth-order valence-corrected chi connectivity index (χ4v) is 1.60.